The van der Waals surface area contributed by atoms with Crippen molar-refractivity contribution in [2.75, 3.05) is 7.11 Å². The van der Waals surface area contributed by atoms with Crippen molar-refractivity contribution in [3.05, 3.63) is 0 Å². The molecular formula is C33H66O2. The SMILES string of the molecule is COC(=O)CCC(CCCC(CCC(C)C)CCC(C)C)CCCC(CCC(C)C)CCC(C)C. The van der Waals surface area contributed by atoms with Gasteiger partial charge in [-0.05, 0) is 47.8 Å². The highest BCUT2D eigenvalue weighted by molar-refractivity contribution is 5.69. The minimum absolute atomic E-state index is 0.0338. The molecule has 0 aliphatic rings. The monoisotopic (exact) mass is 495 g/mol. The van der Waals surface area contributed by atoms with Crippen molar-refractivity contribution in [3.63, 3.8) is 0 Å². The zero-order valence-corrected chi connectivity index (χ0v) is 25.7. The third-order valence-electron chi connectivity index (χ3n) is 8.04. The third-order valence-corrected chi connectivity index (χ3v) is 8.04. The van der Waals surface area contributed by atoms with E-state index in [1.165, 1.54) is 97.0 Å². The van der Waals surface area contributed by atoms with Crippen molar-refractivity contribution in [2.45, 2.75) is 158 Å². The smallest absolute Gasteiger partial charge is 0.305 e. The van der Waals surface area contributed by atoms with E-state index in [2.05, 4.69) is 55.4 Å². The second-order valence-electron chi connectivity index (χ2n) is 13.5. The summed E-state index contributed by atoms with van der Waals surface area (Å²) >= 11 is 0. The van der Waals surface area contributed by atoms with Crippen LogP contribution in [-0.4, -0.2) is 13.1 Å². The topological polar surface area (TPSA) is 26.3 Å². The molecule has 0 aromatic heterocycles. The molecule has 0 amide bonds. The summed E-state index contributed by atoms with van der Waals surface area (Å²) in [5.74, 6) is 5.66. The van der Waals surface area contributed by atoms with Crippen LogP contribution in [0.5, 0.6) is 0 Å². The van der Waals surface area contributed by atoms with Crippen molar-refractivity contribution < 1.29 is 9.53 Å². The minimum atomic E-state index is -0.0338. The van der Waals surface area contributed by atoms with Gasteiger partial charge in [0.2, 0.25) is 0 Å². The Morgan fingerprint density at radius 3 is 1.00 bits per heavy atom. The van der Waals surface area contributed by atoms with E-state index < -0.39 is 0 Å². The third kappa shape index (κ3) is 22.4. The van der Waals surface area contributed by atoms with Gasteiger partial charge in [-0.3, -0.25) is 4.79 Å². The molecule has 0 spiro atoms. The Balaban J connectivity index is 4.78. The van der Waals surface area contributed by atoms with Gasteiger partial charge >= 0.3 is 5.97 Å². The van der Waals surface area contributed by atoms with Gasteiger partial charge < -0.3 is 4.74 Å². The first kappa shape index (κ1) is 34.5. The van der Waals surface area contributed by atoms with Crippen LogP contribution in [0.1, 0.15) is 158 Å². The molecule has 0 radical (unpaired) electrons. The highest BCUT2D eigenvalue weighted by atomic mass is 16.5. The van der Waals surface area contributed by atoms with Crippen LogP contribution in [0, 0.1) is 41.4 Å². The van der Waals surface area contributed by atoms with E-state index >= 15 is 0 Å². The maximum Gasteiger partial charge on any atom is 0.305 e. The molecular weight excluding hydrogens is 428 g/mol. The molecule has 0 saturated heterocycles. The molecule has 0 aromatic rings. The number of hydrogen-bond donors (Lipinski definition) is 0. The lowest BCUT2D eigenvalue weighted by Gasteiger charge is -2.23. The first-order valence-corrected chi connectivity index (χ1v) is 15.6. The van der Waals surface area contributed by atoms with E-state index in [1.807, 2.05) is 0 Å². The molecule has 0 saturated carbocycles. The summed E-state index contributed by atoms with van der Waals surface area (Å²) in [5.41, 5.74) is 0. The Kier molecular flexibility index (Phi) is 21.2. The lowest BCUT2D eigenvalue weighted by molar-refractivity contribution is -0.141. The van der Waals surface area contributed by atoms with Crippen LogP contribution in [0.3, 0.4) is 0 Å². The fraction of sp³-hybridized carbons (Fsp3) is 0.970. The van der Waals surface area contributed by atoms with Crippen LogP contribution < -0.4 is 0 Å². The first-order chi connectivity index (χ1) is 16.5. The van der Waals surface area contributed by atoms with Crippen LogP contribution in [0.25, 0.3) is 0 Å². The number of rotatable bonds is 23. The standard InChI is InChI=1S/C33H66O2/c1-26(2)16-20-31(21-17-27(3)4)14-10-12-30(24-25-33(34)35-9)13-11-15-32(22-18-28(5)6)23-19-29(7)8/h26-32H,10-25H2,1-9H3. The molecule has 0 unspecified atom stereocenters. The summed E-state index contributed by atoms with van der Waals surface area (Å²) < 4.78 is 4.96. The van der Waals surface area contributed by atoms with E-state index in [-0.39, 0.29) is 5.97 Å². The molecule has 2 heteroatoms. The van der Waals surface area contributed by atoms with Crippen LogP contribution in [0.2, 0.25) is 0 Å². The van der Waals surface area contributed by atoms with Crippen LogP contribution in [-0.2, 0) is 9.53 Å². The minimum Gasteiger partial charge on any atom is -0.469 e. The highest BCUT2D eigenvalue weighted by Gasteiger charge is 2.17. The number of carbonyl (C=O) groups is 1. The van der Waals surface area contributed by atoms with Crippen molar-refractivity contribution >= 4 is 5.97 Å². The Hall–Kier alpha value is -0.530. The number of ether oxygens (including phenoxy) is 1. The van der Waals surface area contributed by atoms with Crippen molar-refractivity contribution in [1.29, 1.82) is 0 Å². The summed E-state index contributed by atoms with van der Waals surface area (Å²) in [6.07, 6.45) is 20.6. The molecule has 210 valence electrons. The maximum atomic E-state index is 11.9. The number of hydrogen-bond acceptors (Lipinski definition) is 2. The molecule has 0 heterocycles. The number of methoxy groups -OCH3 is 1. The highest BCUT2D eigenvalue weighted by Crippen LogP contribution is 2.30. The van der Waals surface area contributed by atoms with E-state index in [9.17, 15) is 4.79 Å². The Labute approximate surface area is 222 Å². The molecule has 35 heavy (non-hydrogen) atoms. The lowest BCUT2D eigenvalue weighted by Crippen LogP contribution is -2.10. The summed E-state index contributed by atoms with van der Waals surface area (Å²) in [4.78, 5) is 11.9. The van der Waals surface area contributed by atoms with E-state index in [1.54, 1.807) is 0 Å². The van der Waals surface area contributed by atoms with E-state index in [0.717, 1.165) is 41.9 Å². The van der Waals surface area contributed by atoms with E-state index in [0.29, 0.717) is 12.3 Å². The fourth-order valence-electron chi connectivity index (χ4n) is 5.39. The van der Waals surface area contributed by atoms with Crippen molar-refractivity contribution in [3.8, 4) is 0 Å². The summed E-state index contributed by atoms with van der Waals surface area (Å²) in [6.45, 7) is 18.9. The first-order valence-electron chi connectivity index (χ1n) is 15.6. The predicted molar refractivity (Wildman–Crippen MR) is 156 cm³/mol. The van der Waals surface area contributed by atoms with Crippen LogP contribution in [0.4, 0.5) is 0 Å². The normalized spacial score (nSPS) is 12.5. The summed E-state index contributed by atoms with van der Waals surface area (Å²) in [5, 5.41) is 0. The zero-order chi connectivity index (χ0) is 26.6. The van der Waals surface area contributed by atoms with Gasteiger partial charge in [-0.25, -0.2) is 0 Å². The number of carbonyl (C=O) groups excluding carboxylic acids is 1. The van der Waals surface area contributed by atoms with Crippen molar-refractivity contribution in [2.24, 2.45) is 41.4 Å². The average Bonchev–Trinajstić information content (AvgIpc) is 2.78. The van der Waals surface area contributed by atoms with Crippen LogP contribution >= 0.6 is 0 Å². The molecule has 0 aliphatic carbocycles. The fourth-order valence-corrected chi connectivity index (χ4v) is 5.39. The van der Waals surface area contributed by atoms with Crippen molar-refractivity contribution in [1.82, 2.24) is 0 Å². The molecule has 0 rings (SSSR count). The van der Waals surface area contributed by atoms with Gasteiger partial charge in [0.15, 0.2) is 0 Å². The molecule has 0 fully saturated rings. The molecule has 2 nitrogen and oxygen atoms in total. The maximum absolute atomic E-state index is 11.9. The predicted octanol–water partition coefficient (Wildman–Crippen LogP) is 10.9. The average molecular weight is 495 g/mol. The molecule has 0 aromatic carbocycles. The van der Waals surface area contributed by atoms with Gasteiger partial charge in [-0.1, -0.05) is 145 Å². The van der Waals surface area contributed by atoms with Crippen LogP contribution in [0.15, 0.2) is 0 Å². The number of esters is 1. The summed E-state index contributed by atoms with van der Waals surface area (Å²) in [7, 11) is 1.53. The van der Waals surface area contributed by atoms with Gasteiger partial charge in [-0.15, -0.1) is 0 Å². The quantitative estimate of drug-likeness (QED) is 0.132. The second kappa shape index (κ2) is 21.5. The lowest BCUT2D eigenvalue weighted by atomic mass is 9.83. The van der Waals surface area contributed by atoms with Gasteiger partial charge in [0.1, 0.15) is 0 Å². The van der Waals surface area contributed by atoms with Gasteiger partial charge in [-0.2, -0.15) is 0 Å². The van der Waals surface area contributed by atoms with Gasteiger partial charge in [0, 0.05) is 6.42 Å². The van der Waals surface area contributed by atoms with Gasteiger partial charge in [0.25, 0.3) is 0 Å². The Bertz CT molecular complexity index is 421. The van der Waals surface area contributed by atoms with E-state index in [4.69, 9.17) is 4.74 Å². The second-order valence-corrected chi connectivity index (χ2v) is 13.5. The van der Waals surface area contributed by atoms with Gasteiger partial charge in [0.05, 0.1) is 7.11 Å². The Morgan fingerprint density at radius 2 is 0.743 bits per heavy atom. The Morgan fingerprint density at radius 1 is 0.457 bits per heavy atom. The molecule has 0 bridgehead atoms. The largest absolute Gasteiger partial charge is 0.469 e. The summed E-state index contributed by atoms with van der Waals surface area (Å²) in [6, 6.07) is 0. The molecule has 0 N–H and O–H groups in total. The zero-order valence-electron chi connectivity index (χ0n) is 25.7. The molecule has 0 atom stereocenters. The molecule has 0 aliphatic heterocycles.